The topological polar surface area (TPSA) is 482 Å². The van der Waals surface area contributed by atoms with Crippen LogP contribution in [0.25, 0.3) is 165 Å². The maximum absolute atomic E-state index is 12.9. The Morgan fingerprint density at radius 1 is 0.331 bits per heavy atom. The minimum Gasteiger partial charge on any atom is -0.508 e. The average molecular weight is 2000 g/mol. The fraction of sp³-hybridized carbons (Fsp3) is 0.119. The van der Waals surface area contributed by atoms with Gasteiger partial charge in [0.2, 0.25) is 0 Å². The lowest BCUT2D eigenvalue weighted by atomic mass is 10.0. The number of phenols is 2. The van der Waals surface area contributed by atoms with Crippen molar-refractivity contribution in [1.29, 1.82) is 0 Å². The largest absolute Gasteiger partial charge is 0.508 e. The first-order valence-corrected chi connectivity index (χ1v) is 43.0. The van der Waals surface area contributed by atoms with E-state index in [-0.39, 0.29) is 109 Å². The standard InChI is InChI=1S/C21H17F3N4O.C21H20N4O3.C20H17ClN4O.C20H18N4O2.C19H17N5O.5ClH/c22-21(23,24)13-7-5-12(6-8-13)18-19-15(14-3-1-2-4-16(14)27-19)11-17(28-18)20(29)26-10-9-25;1-28-18-10-12(6-7-17(18)26)19-20-14(13-4-2-3-5-15(13)24-20)11-16(25-19)21(27)23-9-8-22;21-13-7-5-12(6-8-13)18-19-15(14-3-1-2-4-16(14)24-19)11-17(25-18)20(26)23-10-9-22;21-9-10-22-20(26)17-11-15-14-3-1-2-4-16(14)23-19(15)18(24-17)12-5-7-13(25)8-6-12;20-7-10-22-19(25)16-11-14-13-3-1-2-4-15(13)23-18(14)17(24-16)12-5-8-21-9-6-12;;;;;/h1-8,11,27H,9-10,25H2,(H,26,29);2-7,10-11,24,26H,8-9,22H2,1H3,(H,23,27);1-8,11,24H,9-10,22H2,(H,23,26);1-8,11,23,25H,9-10,21H2,(H,22,26);1-6,8-9,11,23H,7,10,20H2,(H,22,25);5*1H. The molecule has 0 unspecified atom stereocenters. The van der Waals surface area contributed by atoms with Crippen molar-refractivity contribution in [3.05, 3.63) is 306 Å². The smallest absolute Gasteiger partial charge is 0.416 e. The molecule has 0 atom stereocenters. The zero-order valence-electron chi connectivity index (χ0n) is 73.9. The summed E-state index contributed by atoms with van der Waals surface area (Å²) in [7, 11) is 1.49. The van der Waals surface area contributed by atoms with Crippen molar-refractivity contribution in [1.82, 2.24) is 81.4 Å². The molecule has 20 aromatic rings. The molecule has 0 fully saturated rings. The number of halogens is 9. The van der Waals surface area contributed by atoms with Gasteiger partial charge in [-0.15, -0.1) is 62.0 Å². The Balaban J connectivity index is 0.000000165. The molecule has 0 aliphatic heterocycles. The molecule has 5 amide bonds. The number of para-hydroxylation sites is 5. The molecule has 0 saturated carbocycles. The van der Waals surface area contributed by atoms with Gasteiger partial charge >= 0.3 is 6.18 Å². The summed E-state index contributed by atoms with van der Waals surface area (Å²) in [5, 5.41) is 43.4. The van der Waals surface area contributed by atoms with Gasteiger partial charge < -0.3 is 95.1 Å². The third-order valence-electron chi connectivity index (χ3n) is 21.9. The van der Waals surface area contributed by atoms with Crippen LogP contribution in [0.5, 0.6) is 17.2 Å². The number of alkyl halides is 3. The fourth-order valence-corrected chi connectivity index (χ4v) is 15.7. The first-order chi connectivity index (χ1) is 65.1. The molecule has 11 aromatic heterocycles. The van der Waals surface area contributed by atoms with Crippen LogP contribution in [-0.4, -0.2) is 167 Å². The molecule has 20 rings (SSSR count). The van der Waals surface area contributed by atoms with Gasteiger partial charge in [-0.1, -0.05) is 127 Å². The van der Waals surface area contributed by atoms with Gasteiger partial charge in [0.25, 0.3) is 29.5 Å². The number of aromatic hydroxyl groups is 2. The van der Waals surface area contributed by atoms with Crippen LogP contribution in [0.4, 0.5) is 13.2 Å². The van der Waals surface area contributed by atoms with Gasteiger partial charge in [-0.2, -0.15) is 13.2 Å². The summed E-state index contributed by atoms with van der Waals surface area (Å²) in [5.74, 6) is -0.857. The van der Waals surface area contributed by atoms with Gasteiger partial charge in [0.1, 0.15) is 34.2 Å². The van der Waals surface area contributed by atoms with E-state index in [4.69, 9.17) is 45.0 Å². The highest BCUT2D eigenvalue weighted by molar-refractivity contribution is 6.30. The number of phenolic OH excluding ortho intramolecular Hbond substituents is 2. The molecule has 0 bridgehead atoms. The Hall–Kier alpha value is -15.0. The number of nitrogens with two attached hydrogens (primary N) is 5. The van der Waals surface area contributed by atoms with Crippen LogP contribution in [-0.2, 0) is 6.18 Å². The highest BCUT2D eigenvalue weighted by atomic mass is 35.5. The summed E-state index contributed by atoms with van der Waals surface area (Å²) >= 11 is 6.02. The summed E-state index contributed by atoms with van der Waals surface area (Å²) in [6, 6.07) is 75.9. The summed E-state index contributed by atoms with van der Waals surface area (Å²) in [5.41, 5.74) is 44.0. The number of hydrogen-bond donors (Lipinski definition) is 17. The molecule has 0 spiro atoms. The van der Waals surface area contributed by atoms with E-state index in [0.29, 0.717) is 126 Å². The maximum atomic E-state index is 12.9. The SMILES string of the molecule is COc1cc(-c2nc(C(=O)NCCN)cc3c2[nH]c2ccccc23)ccc1O.Cl.Cl.Cl.Cl.Cl.NCCNC(=O)c1cc2c([nH]c3ccccc32)c(-c2ccc(C(F)(F)F)cc2)n1.NCCNC(=O)c1cc2c([nH]c3ccccc32)c(-c2ccc(Cl)cc2)n1.NCCNC(=O)c1cc2c([nH]c3ccccc32)c(-c2ccc(O)cc2)n1.NCCNC(=O)c1cc2c([nH]c3ccccc32)c(-c2ccncc2)n1. The number of ether oxygens (including phenoxy) is 1. The molecular formula is C101H94Cl6F3N21O8. The Labute approximate surface area is 827 Å². The van der Waals surface area contributed by atoms with Crippen LogP contribution < -0.4 is 60.0 Å². The molecule has 0 aliphatic carbocycles. The van der Waals surface area contributed by atoms with Crippen molar-refractivity contribution >= 4 is 212 Å². The van der Waals surface area contributed by atoms with Gasteiger partial charge in [-0.3, -0.25) is 29.0 Å². The van der Waals surface area contributed by atoms with E-state index in [0.717, 1.165) is 144 Å². The molecule has 29 nitrogen and oxygen atoms in total. The van der Waals surface area contributed by atoms with Crippen molar-refractivity contribution in [3.63, 3.8) is 0 Å². The minimum atomic E-state index is -4.42. The van der Waals surface area contributed by atoms with Crippen molar-refractivity contribution in [2.45, 2.75) is 6.18 Å². The monoisotopic (exact) mass is 2000 g/mol. The third kappa shape index (κ3) is 23.1. The number of rotatable bonds is 21. The number of carbonyl (C=O) groups is 5. The number of aromatic nitrogens is 11. The lowest BCUT2D eigenvalue weighted by Gasteiger charge is -2.10. The van der Waals surface area contributed by atoms with Crippen LogP contribution in [0.1, 0.15) is 58.0 Å². The number of H-pyrrole nitrogens is 5. The average Bonchev–Trinajstić information content (AvgIpc) is 1.63. The first-order valence-electron chi connectivity index (χ1n) is 42.6. The molecule has 714 valence electrons. The van der Waals surface area contributed by atoms with Crippen molar-refractivity contribution in [3.8, 4) is 73.5 Å². The van der Waals surface area contributed by atoms with Crippen molar-refractivity contribution in [2.75, 3.05) is 72.6 Å². The van der Waals surface area contributed by atoms with E-state index in [9.17, 15) is 47.4 Å². The molecule has 0 radical (unpaired) electrons. The number of nitrogens with zero attached hydrogens (tertiary/aromatic N) is 6. The number of benzene rings is 9. The number of nitrogens with one attached hydrogen (secondary N) is 10. The molecule has 11 heterocycles. The third-order valence-corrected chi connectivity index (χ3v) is 22.2. The van der Waals surface area contributed by atoms with Crippen molar-refractivity contribution < 1.29 is 52.1 Å². The van der Waals surface area contributed by atoms with E-state index in [2.05, 4.69) is 81.4 Å². The van der Waals surface area contributed by atoms with Crippen LogP contribution >= 0.6 is 73.6 Å². The second-order valence-electron chi connectivity index (χ2n) is 30.7. The van der Waals surface area contributed by atoms with E-state index in [1.165, 1.54) is 19.2 Å². The zero-order valence-corrected chi connectivity index (χ0v) is 78.8. The maximum Gasteiger partial charge on any atom is 0.416 e. The molecular weight excluding hydrogens is 1900 g/mol. The van der Waals surface area contributed by atoms with E-state index < -0.39 is 17.6 Å². The number of hydrogen-bond acceptors (Lipinski definition) is 19. The number of methoxy groups -OCH3 is 1. The molecule has 22 N–H and O–H groups in total. The van der Waals surface area contributed by atoms with Crippen LogP contribution in [0.15, 0.2) is 267 Å². The molecule has 9 aromatic carbocycles. The first kappa shape index (κ1) is 104. The zero-order chi connectivity index (χ0) is 93.7. The number of pyridine rings is 6. The van der Waals surface area contributed by atoms with Gasteiger partial charge in [0.05, 0.1) is 68.7 Å². The Kier molecular flexibility index (Phi) is 35.4. The number of fused-ring (bicyclic) bond motifs is 15. The molecule has 0 aliphatic rings. The quantitative estimate of drug-likeness (QED) is 0.0318. The summed E-state index contributed by atoms with van der Waals surface area (Å²) in [6.45, 7) is 3.64. The van der Waals surface area contributed by atoms with E-state index >= 15 is 0 Å². The second kappa shape index (κ2) is 47.1. The second-order valence-corrected chi connectivity index (χ2v) is 31.2. The van der Waals surface area contributed by atoms with E-state index in [1.54, 1.807) is 73.1 Å². The summed E-state index contributed by atoms with van der Waals surface area (Å²) in [6.07, 6.45) is -0.994. The van der Waals surface area contributed by atoms with E-state index in [1.807, 2.05) is 170 Å². The number of amides is 5. The lowest BCUT2D eigenvalue weighted by molar-refractivity contribution is -0.137. The van der Waals surface area contributed by atoms with Crippen molar-refractivity contribution in [2.24, 2.45) is 28.7 Å². The summed E-state index contributed by atoms with van der Waals surface area (Å²) in [4.78, 5) is 106. The molecule has 38 heteroatoms. The fourth-order valence-electron chi connectivity index (χ4n) is 15.6. The predicted octanol–water partition coefficient (Wildman–Crippen LogP) is 18.0. The normalized spacial score (nSPS) is 10.9. The van der Waals surface area contributed by atoms with Gasteiger partial charge in [0.15, 0.2) is 11.5 Å². The van der Waals surface area contributed by atoms with Crippen LogP contribution in [0.3, 0.4) is 0 Å². The Morgan fingerprint density at radius 2 is 0.576 bits per heavy atom. The molecule has 0 saturated heterocycles. The van der Waals surface area contributed by atoms with Crippen LogP contribution in [0, 0.1) is 0 Å². The van der Waals surface area contributed by atoms with Gasteiger partial charge in [-0.05, 0) is 140 Å². The number of carbonyl (C=O) groups excluding carboxylic acids is 5. The highest BCUT2D eigenvalue weighted by Crippen LogP contribution is 2.42. The minimum absolute atomic E-state index is 0. The number of aromatic amines is 5. The highest BCUT2D eigenvalue weighted by Gasteiger charge is 2.31. The Bertz CT molecular complexity index is 7610. The Morgan fingerprint density at radius 3 is 0.842 bits per heavy atom. The summed E-state index contributed by atoms with van der Waals surface area (Å²) < 4.78 is 44.0. The van der Waals surface area contributed by atoms with Gasteiger partial charge in [-0.25, -0.2) is 24.9 Å². The lowest BCUT2D eigenvalue weighted by Crippen LogP contribution is -2.29. The van der Waals surface area contributed by atoms with Crippen LogP contribution in [0.2, 0.25) is 5.02 Å². The predicted molar refractivity (Wildman–Crippen MR) is 556 cm³/mol. The molecule has 139 heavy (non-hydrogen) atoms. The van der Waals surface area contributed by atoms with Gasteiger partial charge in [0, 0.05) is 192 Å².